The molecule has 0 atom stereocenters. The number of benzene rings is 1. The molecule has 0 amide bonds. The van der Waals surface area contributed by atoms with Gasteiger partial charge in [0.2, 0.25) is 5.88 Å². The van der Waals surface area contributed by atoms with Crippen LogP contribution < -0.4 is 15.0 Å². The second-order valence-electron chi connectivity index (χ2n) is 4.46. The Bertz CT molecular complexity index is 885. The summed E-state index contributed by atoms with van der Waals surface area (Å²) in [5.74, 6) is 1.11. The van der Waals surface area contributed by atoms with E-state index in [1.165, 1.54) is 4.40 Å². The molecule has 0 saturated heterocycles. The molecule has 0 aliphatic rings. The van der Waals surface area contributed by atoms with E-state index in [1.54, 1.807) is 55.8 Å². The number of hydrogen-bond donors (Lipinski definition) is 0. The van der Waals surface area contributed by atoms with E-state index < -0.39 is 5.56 Å². The van der Waals surface area contributed by atoms with Crippen molar-refractivity contribution in [1.82, 2.24) is 9.38 Å². The quantitative estimate of drug-likeness (QED) is 0.691. The van der Waals surface area contributed by atoms with Crippen molar-refractivity contribution in [3.8, 4) is 17.4 Å². The third-order valence-corrected chi connectivity index (χ3v) is 3.13. The molecule has 2 heterocycles. The molecule has 0 saturated carbocycles. The summed E-state index contributed by atoms with van der Waals surface area (Å²) >= 11 is 0. The molecular weight excluding hydrogens is 284 g/mol. The zero-order valence-corrected chi connectivity index (χ0v) is 11.7. The van der Waals surface area contributed by atoms with Gasteiger partial charge in [-0.3, -0.25) is 14.0 Å². The van der Waals surface area contributed by atoms with Crippen LogP contribution >= 0.6 is 0 Å². The van der Waals surface area contributed by atoms with Crippen LogP contribution in [0.4, 0.5) is 0 Å². The number of pyridine rings is 1. The lowest BCUT2D eigenvalue weighted by atomic mass is 10.3. The molecule has 0 aliphatic heterocycles. The van der Waals surface area contributed by atoms with E-state index in [2.05, 4.69) is 4.98 Å². The van der Waals surface area contributed by atoms with Crippen molar-refractivity contribution in [1.29, 1.82) is 0 Å². The summed E-state index contributed by atoms with van der Waals surface area (Å²) in [6.45, 7) is 0. The van der Waals surface area contributed by atoms with E-state index in [0.29, 0.717) is 23.4 Å². The Hall–Kier alpha value is -3.15. The molecule has 3 rings (SSSR count). The minimum atomic E-state index is -0.468. The lowest BCUT2D eigenvalue weighted by Gasteiger charge is -2.09. The maximum Gasteiger partial charge on any atom is 0.272 e. The zero-order valence-electron chi connectivity index (χ0n) is 11.7. The predicted molar refractivity (Wildman–Crippen MR) is 79.9 cm³/mol. The molecular formula is C16H12N2O4. The van der Waals surface area contributed by atoms with Crippen molar-refractivity contribution in [2.24, 2.45) is 0 Å². The summed E-state index contributed by atoms with van der Waals surface area (Å²) in [6, 6.07) is 11.9. The van der Waals surface area contributed by atoms with Crippen LogP contribution in [0.25, 0.3) is 5.65 Å². The van der Waals surface area contributed by atoms with Crippen LogP contribution in [0.1, 0.15) is 10.4 Å². The maximum atomic E-state index is 12.3. The molecule has 0 fully saturated rings. The highest BCUT2D eigenvalue weighted by atomic mass is 16.5. The number of nitrogens with zero attached hydrogens (tertiary/aromatic N) is 2. The van der Waals surface area contributed by atoms with Crippen LogP contribution in [0.5, 0.6) is 17.4 Å². The normalized spacial score (nSPS) is 10.4. The molecule has 0 unspecified atom stereocenters. The first-order valence-corrected chi connectivity index (χ1v) is 6.51. The van der Waals surface area contributed by atoms with Gasteiger partial charge in [-0.15, -0.1) is 0 Å². The summed E-state index contributed by atoms with van der Waals surface area (Å²) in [6.07, 6.45) is 2.00. The fourth-order valence-corrected chi connectivity index (χ4v) is 2.02. The van der Waals surface area contributed by atoms with Crippen LogP contribution in [0.2, 0.25) is 0 Å². The number of carbonyl (C=O) groups is 1. The highest BCUT2D eigenvalue weighted by Crippen LogP contribution is 2.23. The monoisotopic (exact) mass is 296 g/mol. The third-order valence-electron chi connectivity index (χ3n) is 3.13. The SMILES string of the molecule is COc1ccc(Oc2nc3ccccn3c(=O)c2C=O)cc1. The first kappa shape index (κ1) is 13.8. The standard InChI is InChI=1S/C16H12N2O4/c1-21-11-5-7-12(8-6-11)22-15-13(10-19)16(20)18-9-3-2-4-14(18)17-15/h2-10H,1H3. The lowest BCUT2D eigenvalue weighted by molar-refractivity contribution is 0.111. The van der Waals surface area contributed by atoms with Crippen molar-refractivity contribution in [3.05, 3.63) is 64.6 Å². The van der Waals surface area contributed by atoms with E-state index in [4.69, 9.17) is 9.47 Å². The number of fused-ring (bicyclic) bond motifs is 1. The molecule has 0 aliphatic carbocycles. The highest BCUT2D eigenvalue weighted by molar-refractivity contribution is 5.78. The summed E-state index contributed by atoms with van der Waals surface area (Å²) in [7, 11) is 1.56. The van der Waals surface area contributed by atoms with Crippen molar-refractivity contribution >= 4 is 11.9 Å². The average Bonchev–Trinajstić information content (AvgIpc) is 2.56. The zero-order chi connectivity index (χ0) is 15.5. The molecule has 0 bridgehead atoms. The van der Waals surface area contributed by atoms with E-state index >= 15 is 0 Å². The Morgan fingerprint density at radius 2 is 1.82 bits per heavy atom. The van der Waals surface area contributed by atoms with Crippen molar-refractivity contribution < 1.29 is 14.3 Å². The number of aromatic nitrogens is 2. The Balaban J connectivity index is 2.09. The lowest BCUT2D eigenvalue weighted by Crippen LogP contribution is -2.20. The summed E-state index contributed by atoms with van der Waals surface area (Å²) in [5, 5.41) is 0. The second kappa shape index (κ2) is 5.69. The van der Waals surface area contributed by atoms with Gasteiger partial charge in [-0.2, -0.15) is 4.98 Å². The van der Waals surface area contributed by atoms with E-state index in [-0.39, 0.29) is 11.4 Å². The van der Waals surface area contributed by atoms with Gasteiger partial charge in [0.25, 0.3) is 5.56 Å². The van der Waals surface area contributed by atoms with Gasteiger partial charge in [-0.1, -0.05) is 6.07 Å². The second-order valence-corrected chi connectivity index (χ2v) is 4.46. The molecule has 1 aromatic carbocycles. The molecule has 22 heavy (non-hydrogen) atoms. The molecule has 2 aromatic heterocycles. The van der Waals surface area contributed by atoms with Gasteiger partial charge >= 0.3 is 0 Å². The molecule has 0 spiro atoms. The Labute approximate surface area is 125 Å². The first-order valence-electron chi connectivity index (χ1n) is 6.51. The van der Waals surface area contributed by atoms with Gasteiger partial charge in [-0.25, -0.2) is 0 Å². The number of rotatable bonds is 4. The van der Waals surface area contributed by atoms with Crippen molar-refractivity contribution in [3.63, 3.8) is 0 Å². The van der Waals surface area contributed by atoms with Gasteiger partial charge < -0.3 is 9.47 Å². The molecule has 6 heteroatoms. The number of hydrogen-bond acceptors (Lipinski definition) is 5. The first-order chi connectivity index (χ1) is 10.7. The number of aldehydes is 1. The Morgan fingerprint density at radius 1 is 1.09 bits per heavy atom. The Morgan fingerprint density at radius 3 is 2.50 bits per heavy atom. The van der Waals surface area contributed by atoms with Gasteiger partial charge in [-0.05, 0) is 36.4 Å². The van der Waals surface area contributed by atoms with Crippen molar-refractivity contribution in [2.75, 3.05) is 7.11 Å². The minimum absolute atomic E-state index is 0.0173. The van der Waals surface area contributed by atoms with E-state index in [0.717, 1.165) is 0 Å². The minimum Gasteiger partial charge on any atom is -0.497 e. The molecule has 0 radical (unpaired) electrons. The summed E-state index contributed by atoms with van der Waals surface area (Å²) in [5.41, 5.74) is -0.190. The van der Waals surface area contributed by atoms with Crippen molar-refractivity contribution in [2.45, 2.75) is 0 Å². The molecule has 110 valence electrons. The van der Waals surface area contributed by atoms with Crippen LogP contribution in [-0.2, 0) is 0 Å². The van der Waals surface area contributed by atoms with Gasteiger partial charge in [0, 0.05) is 6.20 Å². The largest absolute Gasteiger partial charge is 0.497 e. The van der Waals surface area contributed by atoms with E-state index in [9.17, 15) is 9.59 Å². The summed E-state index contributed by atoms with van der Waals surface area (Å²) < 4.78 is 11.9. The van der Waals surface area contributed by atoms with Gasteiger partial charge in [0.1, 0.15) is 22.7 Å². The fourth-order valence-electron chi connectivity index (χ4n) is 2.02. The van der Waals surface area contributed by atoms with Gasteiger partial charge in [0.15, 0.2) is 6.29 Å². The Kier molecular flexibility index (Phi) is 3.57. The third kappa shape index (κ3) is 2.42. The number of carbonyl (C=O) groups excluding carboxylic acids is 1. The average molecular weight is 296 g/mol. The highest BCUT2D eigenvalue weighted by Gasteiger charge is 2.14. The smallest absolute Gasteiger partial charge is 0.272 e. The van der Waals surface area contributed by atoms with Crippen LogP contribution in [0, 0.1) is 0 Å². The predicted octanol–water partition coefficient (Wildman–Crippen LogP) is 2.31. The van der Waals surface area contributed by atoms with Crippen LogP contribution in [-0.4, -0.2) is 22.8 Å². The molecule has 3 aromatic rings. The molecule has 0 N–H and O–H groups in total. The number of methoxy groups -OCH3 is 1. The molecule has 6 nitrogen and oxygen atoms in total. The summed E-state index contributed by atoms with van der Waals surface area (Å²) in [4.78, 5) is 27.7. The van der Waals surface area contributed by atoms with E-state index in [1.807, 2.05) is 0 Å². The fraction of sp³-hybridized carbons (Fsp3) is 0.0625. The maximum absolute atomic E-state index is 12.3. The van der Waals surface area contributed by atoms with Crippen LogP contribution in [0.15, 0.2) is 53.5 Å². The topological polar surface area (TPSA) is 69.9 Å². The van der Waals surface area contributed by atoms with Crippen LogP contribution in [0.3, 0.4) is 0 Å². The number of ether oxygens (including phenoxy) is 2. The van der Waals surface area contributed by atoms with Gasteiger partial charge in [0.05, 0.1) is 7.11 Å².